The van der Waals surface area contributed by atoms with Crippen molar-refractivity contribution in [2.75, 3.05) is 41.0 Å². The molecule has 0 aromatic heterocycles. The third-order valence-corrected chi connectivity index (χ3v) is 11.7. The molecule has 0 aliphatic heterocycles. The van der Waals surface area contributed by atoms with Crippen molar-refractivity contribution in [1.29, 1.82) is 0 Å². The molecule has 0 rings (SSSR count). The van der Waals surface area contributed by atoms with E-state index in [4.69, 9.17) is 14.2 Å². The van der Waals surface area contributed by atoms with Crippen LogP contribution in [0.3, 0.4) is 0 Å². The maximum atomic E-state index is 12.8. The Morgan fingerprint density at radius 1 is 0.476 bits per heavy atom. The normalized spacial score (nSPS) is 13.2. The fourth-order valence-electron chi connectivity index (χ4n) is 7.64. The molecule has 0 aromatic carbocycles. The second kappa shape index (κ2) is 45.8. The monoisotopic (exact) mass is 886 g/mol. The molecular weight excluding hydrogens is 787 g/mol. The van der Waals surface area contributed by atoms with Crippen LogP contribution < -0.4 is 5.11 Å². The van der Waals surface area contributed by atoms with E-state index in [-0.39, 0.29) is 42.7 Å². The van der Waals surface area contributed by atoms with Gasteiger partial charge in [-0.25, -0.2) is 0 Å². The number of rotatable bonds is 47. The Hall–Kier alpha value is -2.71. The Balaban J connectivity index is 4.24. The predicted octanol–water partition coefficient (Wildman–Crippen LogP) is 13.8. The molecule has 0 saturated carbocycles. The Morgan fingerprint density at radius 2 is 0.825 bits per heavy atom. The molecule has 0 aromatic rings. The van der Waals surface area contributed by atoms with Crippen molar-refractivity contribution in [3.63, 3.8) is 0 Å². The van der Waals surface area contributed by atoms with Crippen molar-refractivity contribution < 1.29 is 38.2 Å². The van der Waals surface area contributed by atoms with Crippen LogP contribution in [0.4, 0.5) is 0 Å². The molecule has 0 saturated heterocycles. The number of quaternary nitrogens is 1. The lowest BCUT2D eigenvalue weighted by Gasteiger charge is -2.34. The number of carboxylic acids is 1. The maximum Gasteiger partial charge on any atom is 0.306 e. The van der Waals surface area contributed by atoms with Gasteiger partial charge in [0, 0.05) is 19.3 Å². The third kappa shape index (κ3) is 44.3. The van der Waals surface area contributed by atoms with E-state index in [2.05, 4.69) is 62.5 Å². The Bertz CT molecular complexity index is 1170. The molecule has 0 aliphatic carbocycles. The molecule has 0 N–H and O–H groups in total. The molecule has 0 fully saturated rings. The summed E-state index contributed by atoms with van der Waals surface area (Å²) >= 11 is 0. The van der Waals surface area contributed by atoms with Gasteiger partial charge in [-0.3, -0.25) is 9.59 Å². The van der Waals surface area contributed by atoms with E-state index in [1.807, 2.05) is 0 Å². The van der Waals surface area contributed by atoms with Crippen molar-refractivity contribution in [2.45, 2.75) is 244 Å². The molecule has 0 heterocycles. The number of carbonyl (C=O) groups is 3. The van der Waals surface area contributed by atoms with Crippen molar-refractivity contribution >= 4 is 17.9 Å². The van der Waals surface area contributed by atoms with Crippen LogP contribution in [0.2, 0.25) is 0 Å². The summed E-state index contributed by atoms with van der Waals surface area (Å²) in [4.78, 5) is 37.1. The number of esters is 2. The van der Waals surface area contributed by atoms with Gasteiger partial charge in [0.05, 0.1) is 40.3 Å². The summed E-state index contributed by atoms with van der Waals surface area (Å²) in [5.41, 5.74) is 0. The van der Waals surface area contributed by atoms with Gasteiger partial charge in [0.1, 0.15) is 12.6 Å². The van der Waals surface area contributed by atoms with E-state index in [1.54, 1.807) is 21.1 Å². The summed E-state index contributed by atoms with van der Waals surface area (Å²) < 4.78 is 17.3. The van der Waals surface area contributed by atoms with Crippen LogP contribution in [0, 0.1) is 0 Å². The lowest BCUT2D eigenvalue weighted by molar-refractivity contribution is -0.889. The SMILES string of the molecule is CCCCC/C=C/C=C/CCCCCCCCCCCCC(=O)OCC(COCCC(C(=O)[O-])[N+](C)(C)C)OC(=O)CCCCCCCCCCCC/C=C/C=C/CCCCCC. The Morgan fingerprint density at radius 3 is 1.22 bits per heavy atom. The summed E-state index contributed by atoms with van der Waals surface area (Å²) in [6.45, 7) is 4.63. The van der Waals surface area contributed by atoms with Gasteiger partial charge in [-0.15, -0.1) is 0 Å². The minimum atomic E-state index is -1.12. The molecular formula is C55H99NO7. The molecule has 8 heteroatoms. The number of allylic oxidation sites excluding steroid dienone is 8. The molecule has 8 nitrogen and oxygen atoms in total. The van der Waals surface area contributed by atoms with Crippen LogP contribution in [0.25, 0.3) is 0 Å². The lowest BCUT2D eigenvalue weighted by Crippen LogP contribution is -2.55. The van der Waals surface area contributed by atoms with Crippen LogP contribution >= 0.6 is 0 Å². The quantitative estimate of drug-likeness (QED) is 0.0259. The highest BCUT2D eigenvalue weighted by Gasteiger charge is 2.25. The second-order valence-electron chi connectivity index (χ2n) is 18.8. The predicted molar refractivity (Wildman–Crippen MR) is 263 cm³/mol. The molecule has 0 amide bonds. The summed E-state index contributed by atoms with van der Waals surface area (Å²) in [5.74, 6) is -1.74. The van der Waals surface area contributed by atoms with Crippen LogP contribution in [0.15, 0.2) is 48.6 Å². The van der Waals surface area contributed by atoms with Gasteiger partial charge in [-0.1, -0.05) is 197 Å². The highest BCUT2D eigenvalue weighted by atomic mass is 16.6. The van der Waals surface area contributed by atoms with Crippen LogP contribution in [-0.2, 0) is 28.6 Å². The molecule has 0 spiro atoms. The summed E-state index contributed by atoms with van der Waals surface area (Å²) in [5, 5.41) is 11.7. The second-order valence-corrected chi connectivity index (χ2v) is 18.8. The highest BCUT2D eigenvalue weighted by molar-refractivity contribution is 5.70. The van der Waals surface area contributed by atoms with Gasteiger partial charge in [0.25, 0.3) is 0 Å². The van der Waals surface area contributed by atoms with Gasteiger partial charge in [-0.05, 0) is 64.2 Å². The van der Waals surface area contributed by atoms with Gasteiger partial charge in [-0.2, -0.15) is 0 Å². The van der Waals surface area contributed by atoms with Crippen molar-refractivity contribution in [3.05, 3.63) is 48.6 Å². The first kappa shape index (κ1) is 60.3. The summed E-state index contributed by atoms with van der Waals surface area (Å²) in [6, 6.07) is -0.728. The molecule has 2 unspecified atom stereocenters. The van der Waals surface area contributed by atoms with E-state index in [0.717, 1.165) is 38.5 Å². The average Bonchev–Trinajstić information content (AvgIpc) is 3.24. The Kier molecular flexibility index (Phi) is 43.9. The number of unbranched alkanes of at least 4 members (excludes halogenated alkanes) is 27. The number of nitrogens with zero attached hydrogens (tertiary/aromatic N) is 1. The third-order valence-electron chi connectivity index (χ3n) is 11.7. The fraction of sp³-hybridized carbons (Fsp3) is 0.800. The molecule has 0 bridgehead atoms. The van der Waals surface area contributed by atoms with E-state index >= 15 is 0 Å². The first-order chi connectivity index (χ1) is 30.6. The zero-order valence-electron chi connectivity index (χ0n) is 41.7. The van der Waals surface area contributed by atoms with E-state index in [1.165, 1.54) is 161 Å². The summed E-state index contributed by atoms with van der Waals surface area (Å²) in [6.07, 6.45) is 55.6. The minimum Gasteiger partial charge on any atom is -0.544 e. The van der Waals surface area contributed by atoms with Crippen LogP contribution in [-0.4, -0.2) is 75.5 Å². The first-order valence-corrected chi connectivity index (χ1v) is 26.2. The summed E-state index contributed by atoms with van der Waals surface area (Å²) in [7, 11) is 5.42. The zero-order valence-corrected chi connectivity index (χ0v) is 41.7. The molecule has 0 radical (unpaired) electrons. The fourth-order valence-corrected chi connectivity index (χ4v) is 7.64. The maximum absolute atomic E-state index is 12.8. The number of hydrogen-bond acceptors (Lipinski definition) is 7. The highest BCUT2D eigenvalue weighted by Crippen LogP contribution is 2.15. The smallest absolute Gasteiger partial charge is 0.306 e. The van der Waals surface area contributed by atoms with Crippen LogP contribution in [0.1, 0.15) is 232 Å². The molecule has 0 aliphatic rings. The first-order valence-electron chi connectivity index (χ1n) is 26.2. The van der Waals surface area contributed by atoms with Gasteiger partial charge >= 0.3 is 11.9 Å². The molecule has 2 atom stereocenters. The number of ether oxygens (including phenoxy) is 3. The van der Waals surface area contributed by atoms with E-state index < -0.39 is 18.1 Å². The topological polar surface area (TPSA) is 102 Å². The zero-order chi connectivity index (χ0) is 46.3. The minimum absolute atomic E-state index is 0.0388. The number of hydrogen-bond donors (Lipinski definition) is 0. The largest absolute Gasteiger partial charge is 0.544 e. The average molecular weight is 886 g/mol. The lowest BCUT2D eigenvalue weighted by atomic mass is 10.1. The molecule has 366 valence electrons. The van der Waals surface area contributed by atoms with Gasteiger partial charge in [0.15, 0.2) is 6.10 Å². The number of carbonyl (C=O) groups excluding carboxylic acids is 3. The van der Waals surface area contributed by atoms with Crippen molar-refractivity contribution in [3.8, 4) is 0 Å². The van der Waals surface area contributed by atoms with Gasteiger partial charge < -0.3 is 28.6 Å². The van der Waals surface area contributed by atoms with Crippen molar-refractivity contribution in [2.24, 2.45) is 0 Å². The van der Waals surface area contributed by atoms with Crippen LogP contribution in [0.5, 0.6) is 0 Å². The number of likely N-dealkylation sites (N-methyl/N-ethyl adjacent to an activating group) is 1. The number of carboxylic acid groups (broad SMARTS) is 1. The standard InChI is InChI=1S/C55H99NO7/c1-6-8-10-12-14-16-18-20-22-24-26-28-30-32-34-36-38-40-42-44-46-54(58)63-51(49-61-48-47-52(55(59)60)56(3,4)5)50-62-53(57)45-43-41-39-37-35-33-31-29-27-25-23-21-19-17-15-13-11-9-7-2/h15-22,51-52H,6-14,23-50H2,1-5H3/b17-15+,18-16+,21-19+,22-20+. The van der Waals surface area contributed by atoms with Crippen molar-refractivity contribution in [1.82, 2.24) is 0 Å². The number of aliphatic carboxylic acids is 1. The molecule has 63 heavy (non-hydrogen) atoms. The Labute approximate surface area is 388 Å². The van der Waals surface area contributed by atoms with Gasteiger partial charge in [0.2, 0.25) is 0 Å². The van der Waals surface area contributed by atoms with E-state index in [0.29, 0.717) is 12.8 Å². The van der Waals surface area contributed by atoms with E-state index in [9.17, 15) is 19.5 Å².